The van der Waals surface area contributed by atoms with Crippen LogP contribution >= 0.6 is 0 Å². The highest BCUT2D eigenvalue weighted by atomic mass is 14.8. The zero-order valence-electron chi connectivity index (χ0n) is 10.6. The van der Waals surface area contributed by atoms with Crippen LogP contribution in [0.15, 0.2) is 41.4 Å². The molecule has 0 amide bonds. The largest absolute Gasteiger partial charge is 0.281 e. The summed E-state index contributed by atoms with van der Waals surface area (Å²) in [5.74, 6) is 0.583. The number of aliphatic imine (C=N–C) groups is 1. The first-order valence-corrected chi connectivity index (χ1v) is 5.73. The first-order chi connectivity index (χ1) is 7.11. The Kier molecular flexibility index (Phi) is 6.68. The first-order valence-electron chi connectivity index (χ1n) is 5.73. The van der Waals surface area contributed by atoms with Gasteiger partial charge in [-0.15, -0.1) is 0 Å². The number of allylic oxidation sites excluding steroid dienone is 5. The van der Waals surface area contributed by atoms with E-state index >= 15 is 0 Å². The summed E-state index contributed by atoms with van der Waals surface area (Å²) in [4.78, 5) is 4.60. The monoisotopic (exact) mass is 205 g/mol. The molecule has 1 unspecified atom stereocenters. The van der Waals surface area contributed by atoms with E-state index in [-0.39, 0.29) is 0 Å². The molecule has 0 heterocycles. The summed E-state index contributed by atoms with van der Waals surface area (Å²) < 4.78 is 0. The smallest absolute Gasteiger partial charge is 0.0644 e. The van der Waals surface area contributed by atoms with Gasteiger partial charge in [-0.3, -0.25) is 4.99 Å². The van der Waals surface area contributed by atoms with Gasteiger partial charge in [0.25, 0.3) is 0 Å². The Balaban J connectivity index is 0.000000921. The summed E-state index contributed by atoms with van der Waals surface area (Å²) in [6.07, 6.45) is 8.00. The fraction of sp³-hybridized carbons (Fsp3) is 0.500. The van der Waals surface area contributed by atoms with E-state index < -0.39 is 0 Å². The van der Waals surface area contributed by atoms with E-state index in [9.17, 15) is 0 Å². The van der Waals surface area contributed by atoms with Crippen LogP contribution in [-0.4, -0.2) is 11.8 Å². The summed E-state index contributed by atoms with van der Waals surface area (Å²) in [6.45, 7) is 14.4. The van der Waals surface area contributed by atoms with Gasteiger partial charge in [-0.25, -0.2) is 0 Å². The molecular formula is C14H23N. The molecular weight excluding hydrogens is 182 g/mol. The number of hydrogen-bond donors (Lipinski definition) is 0. The van der Waals surface area contributed by atoms with Crippen molar-refractivity contribution < 1.29 is 0 Å². The zero-order valence-corrected chi connectivity index (χ0v) is 10.6. The predicted molar refractivity (Wildman–Crippen MR) is 70.5 cm³/mol. The highest BCUT2D eigenvalue weighted by Gasteiger charge is 2.07. The Bertz CT molecular complexity index is 280. The second-order valence-electron chi connectivity index (χ2n) is 3.74. The molecule has 0 radical (unpaired) electrons. The van der Waals surface area contributed by atoms with Gasteiger partial charge in [0.2, 0.25) is 0 Å². The van der Waals surface area contributed by atoms with Gasteiger partial charge in [-0.05, 0) is 24.5 Å². The van der Waals surface area contributed by atoms with E-state index in [1.54, 1.807) is 0 Å². The molecule has 1 heteroatoms. The van der Waals surface area contributed by atoms with Gasteiger partial charge in [-0.2, -0.15) is 0 Å². The third kappa shape index (κ3) is 4.78. The molecule has 1 atom stereocenters. The summed E-state index contributed by atoms with van der Waals surface area (Å²) in [7, 11) is 0. The third-order valence-electron chi connectivity index (χ3n) is 2.30. The quantitative estimate of drug-likeness (QED) is 0.641. The van der Waals surface area contributed by atoms with E-state index in [0.29, 0.717) is 12.0 Å². The molecule has 0 aromatic rings. The number of rotatable bonds is 2. The van der Waals surface area contributed by atoms with E-state index in [0.717, 1.165) is 11.3 Å². The van der Waals surface area contributed by atoms with Crippen molar-refractivity contribution in [1.82, 2.24) is 0 Å². The van der Waals surface area contributed by atoms with Crippen molar-refractivity contribution in [2.75, 3.05) is 0 Å². The van der Waals surface area contributed by atoms with Gasteiger partial charge in [0, 0.05) is 0 Å². The summed E-state index contributed by atoms with van der Waals surface area (Å²) in [5.41, 5.74) is 2.03. The zero-order chi connectivity index (χ0) is 11.8. The van der Waals surface area contributed by atoms with Crippen molar-refractivity contribution in [3.05, 3.63) is 36.5 Å². The lowest BCUT2D eigenvalue weighted by Gasteiger charge is -2.13. The SMILES string of the molecule is C=C1C=CC=CC1=NC(C)C(C)C.CC. The van der Waals surface area contributed by atoms with Gasteiger partial charge >= 0.3 is 0 Å². The van der Waals surface area contributed by atoms with Crippen LogP contribution in [0.2, 0.25) is 0 Å². The topological polar surface area (TPSA) is 12.4 Å². The first kappa shape index (κ1) is 13.9. The van der Waals surface area contributed by atoms with Gasteiger partial charge in [-0.1, -0.05) is 52.5 Å². The fourth-order valence-electron chi connectivity index (χ4n) is 1.01. The minimum absolute atomic E-state index is 0.364. The number of hydrogen-bond acceptors (Lipinski definition) is 1. The molecule has 0 saturated carbocycles. The van der Waals surface area contributed by atoms with Crippen LogP contribution in [0.3, 0.4) is 0 Å². The molecule has 1 rings (SSSR count). The van der Waals surface area contributed by atoms with Gasteiger partial charge < -0.3 is 0 Å². The Morgan fingerprint density at radius 2 is 1.60 bits per heavy atom. The average molecular weight is 205 g/mol. The maximum atomic E-state index is 4.60. The summed E-state index contributed by atoms with van der Waals surface area (Å²) in [5, 5.41) is 0. The molecule has 0 N–H and O–H groups in total. The van der Waals surface area contributed by atoms with Crippen LogP contribution in [-0.2, 0) is 0 Å². The molecule has 15 heavy (non-hydrogen) atoms. The van der Waals surface area contributed by atoms with Crippen molar-refractivity contribution in [3.8, 4) is 0 Å². The number of nitrogens with zero attached hydrogens (tertiary/aromatic N) is 1. The average Bonchev–Trinajstić information content (AvgIpc) is 2.24. The molecule has 1 aliphatic rings. The molecule has 0 spiro atoms. The Labute approximate surface area is 94.3 Å². The highest BCUT2D eigenvalue weighted by molar-refractivity contribution is 6.11. The highest BCUT2D eigenvalue weighted by Crippen LogP contribution is 2.11. The molecule has 0 aliphatic heterocycles. The molecule has 0 aromatic heterocycles. The van der Waals surface area contributed by atoms with Crippen LogP contribution in [0.1, 0.15) is 34.6 Å². The summed E-state index contributed by atoms with van der Waals surface area (Å²) in [6, 6.07) is 0.364. The van der Waals surface area contributed by atoms with Crippen molar-refractivity contribution >= 4 is 5.71 Å². The second-order valence-corrected chi connectivity index (χ2v) is 3.74. The summed E-state index contributed by atoms with van der Waals surface area (Å²) >= 11 is 0. The lowest BCUT2D eigenvalue weighted by molar-refractivity contribution is 0.532. The predicted octanol–water partition coefficient (Wildman–Crippen LogP) is 4.18. The maximum absolute atomic E-state index is 4.60. The normalized spacial score (nSPS) is 19.1. The molecule has 1 nitrogen and oxygen atoms in total. The van der Waals surface area contributed by atoms with E-state index in [1.807, 2.05) is 38.2 Å². The van der Waals surface area contributed by atoms with Crippen LogP contribution < -0.4 is 0 Å². The minimum atomic E-state index is 0.364. The van der Waals surface area contributed by atoms with Crippen LogP contribution in [0.5, 0.6) is 0 Å². The minimum Gasteiger partial charge on any atom is -0.281 e. The molecule has 0 aromatic carbocycles. The Hall–Kier alpha value is -1.11. The Morgan fingerprint density at radius 1 is 1.07 bits per heavy atom. The molecule has 0 bridgehead atoms. The standard InChI is InChI=1S/C12H17N.C2H6/c1-9(2)11(4)13-12-8-6-5-7-10(12)3;1-2/h5-9,11H,3H2,1-2,4H3;1-2H3. The molecule has 0 saturated heterocycles. The molecule has 1 aliphatic carbocycles. The van der Waals surface area contributed by atoms with Gasteiger partial charge in [0.15, 0.2) is 0 Å². The van der Waals surface area contributed by atoms with E-state index in [4.69, 9.17) is 0 Å². The van der Waals surface area contributed by atoms with Crippen molar-refractivity contribution in [3.63, 3.8) is 0 Å². The third-order valence-corrected chi connectivity index (χ3v) is 2.30. The van der Waals surface area contributed by atoms with Crippen LogP contribution in [0.4, 0.5) is 0 Å². The molecule has 0 fully saturated rings. The van der Waals surface area contributed by atoms with Crippen LogP contribution in [0, 0.1) is 5.92 Å². The second kappa shape index (κ2) is 7.22. The lowest BCUT2D eigenvalue weighted by atomic mass is 10.0. The van der Waals surface area contributed by atoms with Crippen molar-refractivity contribution in [2.24, 2.45) is 10.9 Å². The van der Waals surface area contributed by atoms with Gasteiger partial charge in [0.05, 0.1) is 11.8 Å². The maximum Gasteiger partial charge on any atom is 0.0644 e. The van der Waals surface area contributed by atoms with Gasteiger partial charge in [0.1, 0.15) is 0 Å². The van der Waals surface area contributed by atoms with Crippen LogP contribution in [0.25, 0.3) is 0 Å². The molecule has 84 valence electrons. The lowest BCUT2D eigenvalue weighted by Crippen LogP contribution is -2.11. The Morgan fingerprint density at radius 3 is 2.07 bits per heavy atom. The van der Waals surface area contributed by atoms with E-state index in [1.165, 1.54) is 0 Å². The van der Waals surface area contributed by atoms with Crippen molar-refractivity contribution in [1.29, 1.82) is 0 Å². The fourth-order valence-corrected chi connectivity index (χ4v) is 1.01. The van der Waals surface area contributed by atoms with Crippen molar-refractivity contribution in [2.45, 2.75) is 40.7 Å². The van der Waals surface area contributed by atoms with E-state index in [2.05, 4.69) is 32.3 Å².